The third kappa shape index (κ3) is 5.77. The Kier molecular flexibility index (Phi) is 7.99. The Morgan fingerprint density at radius 3 is 1.75 bits per heavy atom. The molecule has 2 rings (SSSR count). The van der Waals surface area contributed by atoms with Crippen LogP contribution in [0.3, 0.4) is 0 Å². The van der Waals surface area contributed by atoms with Gasteiger partial charge in [-0.25, -0.2) is 9.97 Å². The maximum absolute atomic E-state index is 11.7. The fourth-order valence-corrected chi connectivity index (χ4v) is 2.65. The highest BCUT2D eigenvalue weighted by molar-refractivity contribution is 7.33. The van der Waals surface area contributed by atoms with Gasteiger partial charge in [-0.1, -0.05) is 0 Å². The lowest BCUT2D eigenvalue weighted by molar-refractivity contribution is 0.0655. The van der Waals surface area contributed by atoms with Gasteiger partial charge in [-0.3, -0.25) is 14.8 Å². The van der Waals surface area contributed by atoms with E-state index in [1.165, 1.54) is 12.7 Å². The second-order valence-corrected chi connectivity index (χ2v) is 5.76. The van der Waals surface area contributed by atoms with Gasteiger partial charge in [-0.15, -0.1) is 0 Å². The second kappa shape index (κ2) is 10.3. The van der Waals surface area contributed by atoms with Crippen LogP contribution >= 0.6 is 8.25 Å². The van der Waals surface area contributed by atoms with Gasteiger partial charge in [-0.2, -0.15) is 10.2 Å². The summed E-state index contributed by atoms with van der Waals surface area (Å²) in [5, 5.41) is 13.1. The molecule has 24 heavy (non-hydrogen) atoms. The number of nitrogens with zero attached hydrogens (tertiary/aromatic N) is 4. The molecule has 2 aromatic heterocycles. The van der Waals surface area contributed by atoms with Gasteiger partial charge in [0.05, 0.1) is 13.2 Å². The molecule has 2 aromatic rings. The molecule has 0 aliphatic carbocycles. The van der Waals surface area contributed by atoms with E-state index in [4.69, 9.17) is 18.5 Å². The van der Waals surface area contributed by atoms with Crippen LogP contribution in [0.1, 0.15) is 36.7 Å². The van der Waals surface area contributed by atoms with Crippen molar-refractivity contribution in [1.82, 2.24) is 30.4 Å². The molecule has 2 heterocycles. The molecule has 2 atom stereocenters. The molecule has 2 N–H and O–H groups in total. The number of hydrogen-bond acceptors (Lipinski definition) is 9. The summed E-state index contributed by atoms with van der Waals surface area (Å²) in [6.07, 6.45) is 3.21. The van der Waals surface area contributed by atoms with Crippen LogP contribution in [0.5, 0.6) is 0 Å². The molecule has 0 spiro atoms. The quantitative estimate of drug-likeness (QED) is 0.535. The summed E-state index contributed by atoms with van der Waals surface area (Å²) in [5.41, 5.74) is 0. The number of aromatic amines is 2. The van der Waals surface area contributed by atoms with Crippen molar-refractivity contribution in [2.45, 2.75) is 25.0 Å². The van der Waals surface area contributed by atoms with Crippen molar-refractivity contribution in [3.63, 3.8) is 0 Å². The summed E-state index contributed by atoms with van der Waals surface area (Å²) >= 11 is 0. The topological polar surface area (TPSA) is 137 Å². The number of nitrogens with one attached hydrogen (secondary N) is 2. The number of hydrogen-bond donors (Lipinski definition) is 2. The predicted octanol–water partition coefficient (Wildman–Crippen LogP) is 1.20. The largest absolute Gasteiger partial charge is 0.373 e. The van der Waals surface area contributed by atoms with Crippen molar-refractivity contribution in [1.29, 1.82) is 0 Å². The molecule has 0 aliphatic heterocycles. The van der Waals surface area contributed by atoms with Crippen LogP contribution in [0.15, 0.2) is 12.7 Å². The maximum atomic E-state index is 11.7. The molecule has 0 radical (unpaired) electrons. The molecule has 0 saturated carbocycles. The van der Waals surface area contributed by atoms with Crippen molar-refractivity contribution in [3.05, 3.63) is 24.3 Å². The number of rotatable bonds is 12. The van der Waals surface area contributed by atoms with Gasteiger partial charge in [0.15, 0.2) is 11.6 Å². The molecule has 0 fully saturated rings. The summed E-state index contributed by atoms with van der Waals surface area (Å²) in [7, 11) is 0.509. The lowest BCUT2D eigenvalue weighted by Gasteiger charge is -2.13. The standard InChI is InChI=1S/C12H21N6O5P/c1-20-9(11-13-7-15-17-11)3-5-22-24(19)23-6-4-10(21-2)12-14-8-16-18-12/h7-10,24H,3-6H2,1-2H3,(H,13,15,17)(H,14,16,18). The zero-order chi connectivity index (χ0) is 17.2. The van der Waals surface area contributed by atoms with E-state index in [1.54, 1.807) is 14.2 Å². The fourth-order valence-electron chi connectivity index (χ4n) is 1.99. The molecule has 11 nitrogen and oxygen atoms in total. The van der Waals surface area contributed by atoms with Gasteiger partial charge in [0.2, 0.25) is 0 Å². The van der Waals surface area contributed by atoms with Crippen LogP contribution in [-0.2, 0) is 23.1 Å². The number of methoxy groups -OCH3 is 2. The van der Waals surface area contributed by atoms with E-state index in [2.05, 4.69) is 30.4 Å². The van der Waals surface area contributed by atoms with Crippen LogP contribution in [0.25, 0.3) is 0 Å². The first-order valence-electron chi connectivity index (χ1n) is 7.31. The monoisotopic (exact) mass is 360 g/mol. The van der Waals surface area contributed by atoms with Crippen molar-refractivity contribution in [3.8, 4) is 0 Å². The van der Waals surface area contributed by atoms with E-state index in [1.807, 2.05) is 0 Å². The van der Waals surface area contributed by atoms with Gasteiger partial charge in [0, 0.05) is 27.1 Å². The maximum Gasteiger partial charge on any atom is 0.319 e. The molecule has 0 aliphatic rings. The van der Waals surface area contributed by atoms with E-state index in [0.717, 1.165) is 0 Å². The van der Waals surface area contributed by atoms with Gasteiger partial charge < -0.3 is 18.5 Å². The molecule has 2 unspecified atom stereocenters. The summed E-state index contributed by atoms with van der Waals surface area (Å²) in [6, 6.07) is 0. The summed E-state index contributed by atoms with van der Waals surface area (Å²) in [5.74, 6) is 1.05. The van der Waals surface area contributed by atoms with Crippen molar-refractivity contribution in [2.24, 2.45) is 0 Å². The van der Waals surface area contributed by atoms with Gasteiger partial charge >= 0.3 is 8.25 Å². The van der Waals surface area contributed by atoms with E-state index in [0.29, 0.717) is 24.5 Å². The van der Waals surface area contributed by atoms with Crippen molar-refractivity contribution >= 4 is 8.25 Å². The minimum atomic E-state index is -2.59. The Hall–Kier alpha value is -1.65. The molecule has 0 saturated heterocycles. The lowest BCUT2D eigenvalue weighted by Crippen LogP contribution is -2.08. The van der Waals surface area contributed by atoms with Crippen molar-refractivity contribution in [2.75, 3.05) is 27.4 Å². The third-order valence-corrected chi connectivity index (χ3v) is 4.09. The minimum Gasteiger partial charge on any atom is -0.373 e. The highest BCUT2D eigenvalue weighted by Gasteiger charge is 2.16. The average Bonchev–Trinajstić information content (AvgIpc) is 3.29. The number of aromatic nitrogens is 6. The first-order chi connectivity index (χ1) is 11.7. The molecule has 0 bridgehead atoms. The molecule has 12 heteroatoms. The predicted molar refractivity (Wildman–Crippen MR) is 82.4 cm³/mol. The van der Waals surface area contributed by atoms with E-state index < -0.39 is 8.25 Å². The van der Waals surface area contributed by atoms with Crippen LogP contribution in [0.2, 0.25) is 0 Å². The highest BCUT2D eigenvalue weighted by Crippen LogP contribution is 2.27. The van der Waals surface area contributed by atoms with E-state index in [-0.39, 0.29) is 25.4 Å². The first-order valence-corrected chi connectivity index (χ1v) is 8.53. The third-order valence-electron chi connectivity index (χ3n) is 3.21. The summed E-state index contributed by atoms with van der Waals surface area (Å²) < 4.78 is 32.6. The van der Waals surface area contributed by atoms with Crippen LogP contribution < -0.4 is 0 Å². The van der Waals surface area contributed by atoms with Gasteiger partial charge in [0.1, 0.15) is 24.9 Å². The smallest absolute Gasteiger partial charge is 0.319 e. The van der Waals surface area contributed by atoms with Gasteiger partial charge in [0.25, 0.3) is 0 Å². The summed E-state index contributed by atoms with van der Waals surface area (Å²) in [4.78, 5) is 8.02. The Bertz CT molecular complexity index is 531. The fraction of sp³-hybridized carbons (Fsp3) is 0.667. The number of ether oxygens (including phenoxy) is 2. The van der Waals surface area contributed by atoms with E-state index in [9.17, 15) is 4.57 Å². The summed E-state index contributed by atoms with van der Waals surface area (Å²) in [6.45, 7) is 0.416. The zero-order valence-electron chi connectivity index (χ0n) is 13.5. The average molecular weight is 360 g/mol. The molecule has 134 valence electrons. The molecule has 0 aromatic carbocycles. The minimum absolute atomic E-state index is 0.208. The van der Waals surface area contributed by atoms with Crippen LogP contribution in [-0.4, -0.2) is 57.8 Å². The Morgan fingerprint density at radius 2 is 1.42 bits per heavy atom. The highest BCUT2D eigenvalue weighted by atomic mass is 31.1. The van der Waals surface area contributed by atoms with E-state index >= 15 is 0 Å². The second-order valence-electron chi connectivity index (χ2n) is 4.69. The SMILES string of the molecule is COC(CCO[PH](=O)OCCC(OC)c1nc[nH]n1)c1nc[nH]n1. The Balaban J connectivity index is 1.63. The lowest BCUT2D eigenvalue weighted by atomic mass is 10.2. The number of H-pyrrole nitrogens is 2. The Labute approximate surface area is 139 Å². The zero-order valence-corrected chi connectivity index (χ0v) is 14.5. The molecular weight excluding hydrogens is 339 g/mol. The normalized spacial score (nSPS) is 15.2. The van der Waals surface area contributed by atoms with Crippen molar-refractivity contribution < 1.29 is 23.1 Å². The van der Waals surface area contributed by atoms with Crippen LogP contribution in [0.4, 0.5) is 0 Å². The van der Waals surface area contributed by atoms with Gasteiger partial charge in [-0.05, 0) is 0 Å². The first kappa shape index (κ1) is 18.7. The van der Waals surface area contributed by atoms with Crippen LogP contribution in [0, 0.1) is 0 Å². The Morgan fingerprint density at radius 1 is 0.958 bits per heavy atom. The molecular formula is C12H21N6O5P. The molecule has 0 amide bonds.